The molecule has 3 atom stereocenters. The monoisotopic (exact) mass is 815 g/mol. The number of hydrogen-bond acceptors (Lipinski definition) is 11. The fourth-order valence-corrected chi connectivity index (χ4v) is 6.23. The molecule has 0 saturated heterocycles. The zero-order valence-corrected chi connectivity index (χ0v) is 37.2. The molecule has 0 amide bonds. The maximum atomic E-state index is 12.8. The summed E-state index contributed by atoms with van der Waals surface area (Å²) in [7, 11) is 7.47. The number of unbranched alkanes of at least 4 members (excludes halogenated alkanes) is 13. The van der Waals surface area contributed by atoms with E-state index in [1.807, 2.05) is 34.3 Å². The molecule has 0 heterocycles. The first-order valence-corrected chi connectivity index (χ1v) is 21.8. The van der Waals surface area contributed by atoms with Gasteiger partial charge in [0.05, 0.1) is 34.3 Å². The summed E-state index contributed by atoms with van der Waals surface area (Å²) in [5, 5.41) is 10.9. The van der Waals surface area contributed by atoms with Gasteiger partial charge in [-0.05, 0) is 44.9 Å². The van der Waals surface area contributed by atoms with Crippen LogP contribution in [0.4, 0.5) is 0 Å². The minimum Gasteiger partial charge on any atom is -0.460 e. The highest BCUT2D eigenvalue weighted by Crippen LogP contribution is 2.17. The molecule has 0 aliphatic rings. The van der Waals surface area contributed by atoms with Crippen LogP contribution in [0.5, 0.6) is 0 Å². The van der Waals surface area contributed by atoms with Crippen LogP contribution in [-0.2, 0) is 47.7 Å². The molecular weight excluding hydrogens is 732 g/mol. The molecule has 0 aromatic rings. The number of aliphatic hydroxyl groups excluding tert-OH is 1. The Bertz CT molecular complexity index is 1140. The van der Waals surface area contributed by atoms with Crippen LogP contribution in [0.3, 0.4) is 0 Å². The van der Waals surface area contributed by atoms with E-state index in [1.54, 1.807) is 0 Å². The summed E-state index contributed by atoms with van der Waals surface area (Å²) in [6.07, 6.45) is 19.5. The summed E-state index contributed by atoms with van der Waals surface area (Å²) in [5.74, 6) is -1.91. The lowest BCUT2D eigenvalue weighted by Crippen LogP contribution is -2.47. The highest BCUT2D eigenvalue weighted by molar-refractivity contribution is 5.72. The van der Waals surface area contributed by atoms with E-state index in [0.717, 1.165) is 70.6 Å². The lowest BCUT2D eigenvalue weighted by Gasteiger charge is -2.30. The standard InChI is InChI=1S/C44H82N2O11/c1-9-11-13-14-17-22-26-30-44(57-43(52)36-46(7,8)32-34-54-38(4)48)56-41(50)29-25-21-19-16-15-18-20-24-27-39(49)40(28-23-12-10-2)55-42(51)35-45(5,6)31-33-53-37(3)47/h20,24,39-40,44,49H,9-19,21-23,25-36H2,1-8H3/q+2. The Labute approximate surface area is 345 Å². The van der Waals surface area contributed by atoms with Gasteiger partial charge in [-0.15, -0.1) is 0 Å². The topological polar surface area (TPSA) is 152 Å². The van der Waals surface area contributed by atoms with Gasteiger partial charge in [-0.3, -0.25) is 14.4 Å². The second kappa shape index (κ2) is 32.9. The molecule has 332 valence electrons. The van der Waals surface area contributed by atoms with Crippen molar-refractivity contribution in [1.29, 1.82) is 0 Å². The smallest absolute Gasteiger partial charge is 0.364 e. The van der Waals surface area contributed by atoms with Gasteiger partial charge in [0, 0.05) is 26.7 Å². The van der Waals surface area contributed by atoms with Crippen LogP contribution in [0.1, 0.15) is 156 Å². The molecule has 3 unspecified atom stereocenters. The van der Waals surface area contributed by atoms with Crippen LogP contribution >= 0.6 is 0 Å². The number of ether oxygens (including phenoxy) is 5. The molecule has 0 rings (SSSR count). The molecule has 13 nitrogen and oxygen atoms in total. The first-order valence-electron chi connectivity index (χ1n) is 21.8. The van der Waals surface area contributed by atoms with Crippen molar-refractivity contribution in [3.63, 3.8) is 0 Å². The van der Waals surface area contributed by atoms with Crippen molar-refractivity contribution in [2.75, 3.05) is 67.6 Å². The number of hydrogen-bond donors (Lipinski definition) is 1. The fourth-order valence-electron chi connectivity index (χ4n) is 6.23. The molecule has 0 radical (unpaired) electrons. The van der Waals surface area contributed by atoms with E-state index >= 15 is 0 Å². The Kier molecular flexibility index (Phi) is 31.1. The minimum absolute atomic E-state index is 0.0669. The SMILES string of the molecule is CCCCCCCCCC(OC(=O)CCCCCCCC=CCC(O)C(CCCCC)OC(=O)C[N+](C)(C)CCOC(C)=O)OC(=O)C[N+](C)(C)CCOC(C)=O. The summed E-state index contributed by atoms with van der Waals surface area (Å²) in [4.78, 5) is 60.6. The molecule has 1 N–H and O–H groups in total. The fraction of sp³-hybridized carbons (Fsp3) is 0.841. The third kappa shape index (κ3) is 33.6. The molecule has 57 heavy (non-hydrogen) atoms. The lowest BCUT2D eigenvalue weighted by atomic mass is 10.0. The van der Waals surface area contributed by atoms with E-state index in [1.165, 1.54) is 39.5 Å². The van der Waals surface area contributed by atoms with E-state index in [4.69, 9.17) is 23.7 Å². The van der Waals surface area contributed by atoms with Crippen LogP contribution in [0.25, 0.3) is 0 Å². The van der Waals surface area contributed by atoms with Crippen molar-refractivity contribution < 1.29 is 61.7 Å². The predicted molar refractivity (Wildman–Crippen MR) is 222 cm³/mol. The molecular formula is C44H82N2O11+2. The van der Waals surface area contributed by atoms with Gasteiger partial charge in [-0.2, -0.15) is 0 Å². The van der Waals surface area contributed by atoms with Gasteiger partial charge in [0.15, 0.2) is 13.1 Å². The van der Waals surface area contributed by atoms with E-state index in [-0.39, 0.29) is 61.1 Å². The third-order valence-corrected chi connectivity index (χ3v) is 9.79. The van der Waals surface area contributed by atoms with Crippen LogP contribution in [0, 0.1) is 0 Å². The van der Waals surface area contributed by atoms with Crippen molar-refractivity contribution in [3.8, 4) is 0 Å². The molecule has 0 fully saturated rings. The summed E-state index contributed by atoms with van der Waals surface area (Å²) in [6.45, 7) is 8.55. The first-order chi connectivity index (χ1) is 27.0. The van der Waals surface area contributed by atoms with Crippen LogP contribution in [0.15, 0.2) is 12.2 Å². The molecule has 0 aliphatic carbocycles. The van der Waals surface area contributed by atoms with Gasteiger partial charge in [-0.1, -0.05) is 96.6 Å². The number of rotatable bonds is 36. The highest BCUT2D eigenvalue weighted by atomic mass is 16.7. The Morgan fingerprint density at radius 2 is 1.02 bits per heavy atom. The third-order valence-electron chi connectivity index (χ3n) is 9.79. The first kappa shape index (κ1) is 54.0. The molecule has 0 aromatic carbocycles. The molecule has 0 spiro atoms. The number of likely N-dealkylation sites (N-methyl/N-ethyl adjacent to an activating group) is 2. The maximum absolute atomic E-state index is 12.8. The average molecular weight is 815 g/mol. The highest BCUT2D eigenvalue weighted by Gasteiger charge is 2.28. The average Bonchev–Trinajstić information content (AvgIpc) is 3.10. The summed E-state index contributed by atoms with van der Waals surface area (Å²) >= 11 is 0. The van der Waals surface area contributed by atoms with Gasteiger partial charge in [0.2, 0.25) is 6.29 Å². The quantitative estimate of drug-likeness (QED) is 0.0169. The van der Waals surface area contributed by atoms with Crippen LogP contribution in [0.2, 0.25) is 0 Å². The van der Waals surface area contributed by atoms with Gasteiger partial charge >= 0.3 is 29.8 Å². The van der Waals surface area contributed by atoms with Gasteiger partial charge < -0.3 is 37.8 Å². The van der Waals surface area contributed by atoms with E-state index in [0.29, 0.717) is 43.3 Å². The van der Waals surface area contributed by atoms with Crippen LogP contribution < -0.4 is 0 Å². The van der Waals surface area contributed by atoms with Crippen molar-refractivity contribution >= 4 is 29.8 Å². The Morgan fingerprint density at radius 1 is 0.561 bits per heavy atom. The summed E-state index contributed by atoms with van der Waals surface area (Å²) in [5.41, 5.74) is 0. The van der Waals surface area contributed by atoms with Gasteiger partial charge in [0.1, 0.15) is 32.4 Å². The number of aliphatic hydroxyl groups is 1. The Hall–Kier alpha value is -3.03. The van der Waals surface area contributed by atoms with Crippen molar-refractivity contribution in [3.05, 3.63) is 12.2 Å². The largest absolute Gasteiger partial charge is 0.460 e. The normalized spacial score (nSPS) is 13.5. The molecule has 0 saturated carbocycles. The van der Waals surface area contributed by atoms with Crippen molar-refractivity contribution in [2.45, 2.75) is 175 Å². The zero-order valence-electron chi connectivity index (χ0n) is 37.2. The molecule has 0 aliphatic heterocycles. The summed E-state index contributed by atoms with van der Waals surface area (Å²) in [6, 6.07) is 0. The van der Waals surface area contributed by atoms with E-state index in [2.05, 4.69) is 19.9 Å². The second-order valence-corrected chi connectivity index (χ2v) is 16.7. The minimum atomic E-state index is -0.908. The number of nitrogens with zero attached hydrogens (tertiary/aromatic N) is 2. The Morgan fingerprint density at radius 3 is 1.58 bits per heavy atom. The van der Waals surface area contributed by atoms with Crippen molar-refractivity contribution in [2.24, 2.45) is 0 Å². The molecule has 13 heteroatoms. The number of allylic oxidation sites excluding steroid dienone is 1. The number of carbonyl (C=O) groups is 5. The van der Waals surface area contributed by atoms with Gasteiger partial charge in [0.25, 0.3) is 0 Å². The van der Waals surface area contributed by atoms with Crippen LogP contribution in [-0.4, -0.2) is 130 Å². The van der Waals surface area contributed by atoms with Crippen molar-refractivity contribution in [1.82, 2.24) is 0 Å². The van der Waals surface area contributed by atoms with E-state index < -0.39 is 24.5 Å². The predicted octanol–water partition coefficient (Wildman–Crippen LogP) is 7.35. The number of quaternary nitrogens is 2. The second-order valence-electron chi connectivity index (χ2n) is 16.7. The van der Waals surface area contributed by atoms with Gasteiger partial charge in [-0.25, -0.2) is 9.59 Å². The van der Waals surface area contributed by atoms with E-state index in [9.17, 15) is 29.1 Å². The maximum Gasteiger partial charge on any atom is 0.364 e. The Balaban J connectivity index is 4.68. The zero-order chi connectivity index (χ0) is 43.0. The molecule has 0 aromatic heterocycles. The lowest BCUT2D eigenvalue weighted by molar-refractivity contribution is -0.883. The molecule has 0 bridgehead atoms. The number of carbonyl (C=O) groups excluding carboxylic acids is 5. The summed E-state index contributed by atoms with van der Waals surface area (Å²) < 4.78 is 27.7. The number of esters is 5.